The lowest BCUT2D eigenvalue weighted by molar-refractivity contribution is -0.144. The minimum atomic E-state index is -0.180. The van der Waals surface area contributed by atoms with Crippen LogP contribution in [0.2, 0.25) is 0 Å². The van der Waals surface area contributed by atoms with Crippen LogP contribution in [-0.2, 0) is 9.53 Å². The highest BCUT2D eigenvalue weighted by atomic mass is 16.5. The maximum atomic E-state index is 11.1. The second kappa shape index (κ2) is 16.3. The molecule has 2 nitrogen and oxygen atoms in total. The zero-order valence-corrected chi connectivity index (χ0v) is 15.0. The zero-order chi connectivity index (χ0) is 16.5. The Bertz CT molecular complexity index is 305. The first kappa shape index (κ1) is 20.9. The van der Waals surface area contributed by atoms with Gasteiger partial charge in [-0.2, -0.15) is 0 Å². The summed E-state index contributed by atoms with van der Waals surface area (Å²) in [5.41, 5.74) is 0. The van der Waals surface area contributed by atoms with Crippen LogP contribution in [0, 0.1) is 0 Å². The van der Waals surface area contributed by atoms with Gasteiger partial charge in [0.05, 0.1) is 0 Å². The maximum absolute atomic E-state index is 11.1. The number of rotatable bonds is 14. The fraction of sp³-hybridized carbons (Fsp3) is 0.750. The molecule has 0 amide bonds. The van der Waals surface area contributed by atoms with Crippen LogP contribution >= 0.6 is 0 Å². The Morgan fingerprint density at radius 3 is 2.18 bits per heavy atom. The minimum Gasteiger partial charge on any atom is -0.458 e. The summed E-state index contributed by atoms with van der Waals surface area (Å²) in [6.45, 7) is 5.82. The number of carbonyl (C=O) groups excluding carboxylic acids is 1. The molecule has 0 radical (unpaired) electrons. The minimum absolute atomic E-state index is 0.0288. The smallest absolute Gasteiger partial charge is 0.303 e. The highest BCUT2D eigenvalue weighted by Gasteiger charge is 2.07. The molecule has 0 aromatic heterocycles. The van der Waals surface area contributed by atoms with Crippen molar-refractivity contribution in [3.05, 3.63) is 24.3 Å². The van der Waals surface area contributed by atoms with E-state index in [1.807, 2.05) is 6.08 Å². The molecule has 0 heterocycles. The highest BCUT2D eigenvalue weighted by molar-refractivity contribution is 5.66. The van der Waals surface area contributed by atoms with Crippen molar-refractivity contribution in [3.8, 4) is 0 Å². The Morgan fingerprint density at radius 2 is 1.55 bits per heavy atom. The molecular weight excluding hydrogens is 272 g/mol. The lowest BCUT2D eigenvalue weighted by atomic mass is 10.1. The van der Waals surface area contributed by atoms with Crippen LogP contribution in [0.4, 0.5) is 0 Å². The topological polar surface area (TPSA) is 26.3 Å². The Morgan fingerprint density at radius 1 is 0.909 bits per heavy atom. The lowest BCUT2D eigenvalue weighted by Crippen LogP contribution is -2.13. The van der Waals surface area contributed by atoms with Gasteiger partial charge >= 0.3 is 5.97 Å². The molecule has 0 aliphatic rings. The quantitative estimate of drug-likeness (QED) is 0.212. The van der Waals surface area contributed by atoms with Crippen molar-refractivity contribution in [1.29, 1.82) is 0 Å². The summed E-state index contributed by atoms with van der Waals surface area (Å²) < 4.78 is 5.31. The third kappa shape index (κ3) is 15.3. The molecule has 0 saturated carbocycles. The number of esters is 1. The van der Waals surface area contributed by atoms with E-state index in [1.165, 1.54) is 58.3 Å². The SMILES string of the molecule is CC/C=C/C(CCCCCCCC=CCCCC)OC(C)=O. The van der Waals surface area contributed by atoms with E-state index in [9.17, 15) is 4.79 Å². The molecule has 0 aromatic carbocycles. The van der Waals surface area contributed by atoms with Gasteiger partial charge in [0.15, 0.2) is 0 Å². The number of ether oxygens (including phenoxy) is 1. The van der Waals surface area contributed by atoms with Crippen LogP contribution < -0.4 is 0 Å². The summed E-state index contributed by atoms with van der Waals surface area (Å²) in [4.78, 5) is 11.1. The number of unbranched alkanes of at least 4 members (excludes halogenated alkanes) is 7. The monoisotopic (exact) mass is 308 g/mol. The molecule has 0 aliphatic heterocycles. The van der Waals surface area contributed by atoms with Crippen molar-refractivity contribution in [3.63, 3.8) is 0 Å². The predicted molar refractivity (Wildman–Crippen MR) is 96.0 cm³/mol. The molecule has 0 spiro atoms. The third-order valence-electron chi connectivity index (χ3n) is 3.65. The van der Waals surface area contributed by atoms with Gasteiger partial charge in [0.25, 0.3) is 0 Å². The first-order chi connectivity index (χ1) is 10.7. The Labute approximate surface area is 138 Å². The van der Waals surface area contributed by atoms with Crippen LogP contribution in [-0.4, -0.2) is 12.1 Å². The fourth-order valence-electron chi connectivity index (χ4n) is 2.39. The first-order valence-electron chi connectivity index (χ1n) is 9.19. The van der Waals surface area contributed by atoms with E-state index in [2.05, 4.69) is 32.1 Å². The van der Waals surface area contributed by atoms with Crippen LogP contribution in [0.5, 0.6) is 0 Å². The van der Waals surface area contributed by atoms with Crippen molar-refractivity contribution in [2.45, 2.75) is 97.5 Å². The molecule has 0 aromatic rings. The molecule has 1 unspecified atom stereocenters. The van der Waals surface area contributed by atoms with Crippen LogP contribution in [0.25, 0.3) is 0 Å². The summed E-state index contributed by atoms with van der Waals surface area (Å²) in [6.07, 6.45) is 22.0. The second-order valence-electron chi connectivity index (χ2n) is 5.94. The van der Waals surface area contributed by atoms with Crippen molar-refractivity contribution in [2.75, 3.05) is 0 Å². The van der Waals surface area contributed by atoms with Crippen LogP contribution in [0.15, 0.2) is 24.3 Å². The molecule has 2 heteroatoms. The predicted octanol–water partition coefficient (Wildman–Crippen LogP) is 6.36. The standard InChI is InChI=1S/C20H36O2/c1-4-6-8-9-10-11-12-13-14-15-16-18-20(17-7-5-2)22-19(3)21/h7,9-10,17,20H,4-6,8,11-16,18H2,1-3H3/b10-9?,17-7+. The third-order valence-corrected chi connectivity index (χ3v) is 3.65. The Balaban J connectivity index is 3.54. The van der Waals surface area contributed by atoms with Gasteiger partial charge in [-0.1, -0.05) is 64.2 Å². The van der Waals surface area contributed by atoms with E-state index >= 15 is 0 Å². The van der Waals surface area contributed by atoms with E-state index in [-0.39, 0.29) is 12.1 Å². The largest absolute Gasteiger partial charge is 0.458 e. The number of hydrogen-bond donors (Lipinski definition) is 0. The molecule has 22 heavy (non-hydrogen) atoms. The van der Waals surface area contributed by atoms with E-state index in [1.54, 1.807) is 0 Å². The van der Waals surface area contributed by atoms with Gasteiger partial charge in [0, 0.05) is 6.92 Å². The van der Waals surface area contributed by atoms with Crippen molar-refractivity contribution in [2.24, 2.45) is 0 Å². The molecule has 0 fully saturated rings. The summed E-state index contributed by atoms with van der Waals surface area (Å²) in [7, 11) is 0. The van der Waals surface area contributed by atoms with E-state index in [0.29, 0.717) is 0 Å². The molecule has 0 N–H and O–H groups in total. The summed E-state index contributed by atoms with van der Waals surface area (Å²) in [6, 6.07) is 0. The summed E-state index contributed by atoms with van der Waals surface area (Å²) in [5.74, 6) is -0.180. The summed E-state index contributed by atoms with van der Waals surface area (Å²) >= 11 is 0. The fourth-order valence-corrected chi connectivity index (χ4v) is 2.39. The average molecular weight is 309 g/mol. The van der Waals surface area contributed by atoms with Gasteiger partial charge in [-0.25, -0.2) is 0 Å². The van der Waals surface area contributed by atoms with Crippen LogP contribution in [0.1, 0.15) is 91.4 Å². The van der Waals surface area contributed by atoms with Crippen molar-refractivity contribution < 1.29 is 9.53 Å². The molecule has 0 aliphatic carbocycles. The second-order valence-corrected chi connectivity index (χ2v) is 5.94. The molecular formula is C20H36O2. The molecule has 128 valence electrons. The van der Waals surface area contributed by atoms with Crippen LogP contribution in [0.3, 0.4) is 0 Å². The summed E-state index contributed by atoms with van der Waals surface area (Å²) in [5, 5.41) is 0. The van der Waals surface area contributed by atoms with Crippen molar-refractivity contribution in [1.82, 2.24) is 0 Å². The zero-order valence-electron chi connectivity index (χ0n) is 15.0. The number of allylic oxidation sites excluding steroid dienone is 3. The van der Waals surface area contributed by atoms with E-state index in [4.69, 9.17) is 4.74 Å². The highest BCUT2D eigenvalue weighted by Crippen LogP contribution is 2.12. The van der Waals surface area contributed by atoms with E-state index < -0.39 is 0 Å². The van der Waals surface area contributed by atoms with Gasteiger partial charge in [0.1, 0.15) is 6.10 Å². The number of hydrogen-bond acceptors (Lipinski definition) is 2. The first-order valence-corrected chi connectivity index (χ1v) is 9.19. The molecule has 0 bridgehead atoms. The van der Waals surface area contributed by atoms with Gasteiger partial charge in [-0.15, -0.1) is 0 Å². The van der Waals surface area contributed by atoms with Gasteiger partial charge in [-0.05, 0) is 44.6 Å². The van der Waals surface area contributed by atoms with Crippen molar-refractivity contribution >= 4 is 5.97 Å². The molecule has 0 rings (SSSR count). The maximum Gasteiger partial charge on any atom is 0.303 e. The van der Waals surface area contributed by atoms with Gasteiger partial charge in [0.2, 0.25) is 0 Å². The Kier molecular flexibility index (Phi) is 15.5. The Hall–Kier alpha value is -1.05. The lowest BCUT2D eigenvalue weighted by Gasteiger charge is -2.12. The van der Waals surface area contributed by atoms with Gasteiger partial charge < -0.3 is 4.74 Å². The van der Waals surface area contributed by atoms with E-state index in [0.717, 1.165) is 19.3 Å². The average Bonchev–Trinajstić information content (AvgIpc) is 2.49. The van der Waals surface area contributed by atoms with Gasteiger partial charge in [-0.3, -0.25) is 4.79 Å². The number of carbonyl (C=O) groups is 1. The molecule has 0 saturated heterocycles. The molecule has 1 atom stereocenters. The normalized spacial score (nSPS) is 13.0.